The molecule has 4 aromatic rings. The number of aliphatic carboxylic acids is 1. The maximum absolute atomic E-state index is 12.8. The van der Waals surface area contributed by atoms with Gasteiger partial charge in [0.1, 0.15) is 16.9 Å². The van der Waals surface area contributed by atoms with Gasteiger partial charge in [-0.1, -0.05) is 24.3 Å². The van der Waals surface area contributed by atoms with Crippen LogP contribution < -0.4 is 10.3 Å². The average Bonchev–Trinajstić information content (AvgIpc) is 3.10. The predicted octanol–water partition coefficient (Wildman–Crippen LogP) is 3.58. The molecule has 0 fully saturated rings. The zero-order chi connectivity index (χ0) is 21.3. The highest BCUT2D eigenvalue weighted by atomic mass is 16.5. The van der Waals surface area contributed by atoms with Gasteiger partial charge in [-0.15, -0.1) is 0 Å². The fourth-order valence-electron chi connectivity index (χ4n) is 3.29. The number of fused-ring (bicyclic) bond motifs is 3. The van der Waals surface area contributed by atoms with Crippen LogP contribution in [-0.2, 0) is 9.53 Å². The number of nitrogens with one attached hydrogen (secondary N) is 1. The first kappa shape index (κ1) is 19.3. The molecule has 2 heterocycles. The number of H-pyrrole nitrogens is 1. The van der Waals surface area contributed by atoms with Gasteiger partial charge < -0.3 is 24.0 Å². The van der Waals surface area contributed by atoms with E-state index in [2.05, 4.69) is 4.98 Å². The molecule has 0 bridgehead atoms. The number of pyridine rings is 1. The van der Waals surface area contributed by atoms with Crippen LogP contribution in [0.1, 0.15) is 17.3 Å². The van der Waals surface area contributed by atoms with Crippen LogP contribution >= 0.6 is 0 Å². The van der Waals surface area contributed by atoms with Gasteiger partial charge in [0.2, 0.25) is 0 Å². The van der Waals surface area contributed by atoms with Crippen LogP contribution in [0, 0.1) is 0 Å². The quantitative estimate of drug-likeness (QED) is 0.469. The summed E-state index contributed by atoms with van der Waals surface area (Å²) in [4.78, 5) is 38.8. The van der Waals surface area contributed by atoms with E-state index in [-0.39, 0.29) is 12.2 Å². The van der Waals surface area contributed by atoms with Gasteiger partial charge in [-0.2, -0.15) is 0 Å². The van der Waals surface area contributed by atoms with E-state index in [0.717, 1.165) is 0 Å². The molecule has 152 valence electrons. The Morgan fingerprint density at radius 3 is 2.53 bits per heavy atom. The minimum atomic E-state index is -1.10. The van der Waals surface area contributed by atoms with Crippen molar-refractivity contribution < 1.29 is 28.6 Å². The van der Waals surface area contributed by atoms with Crippen LogP contribution in [0.3, 0.4) is 0 Å². The summed E-state index contributed by atoms with van der Waals surface area (Å²) in [6.45, 7) is 1.28. The van der Waals surface area contributed by atoms with E-state index in [0.29, 0.717) is 38.9 Å². The highest BCUT2D eigenvalue weighted by Crippen LogP contribution is 2.36. The number of aromatic amines is 1. The number of esters is 1. The van der Waals surface area contributed by atoms with Crippen molar-refractivity contribution in [1.29, 1.82) is 0 Å². The van der Waals surface area contributed by atoms with Crippen LogP contribution in [0.2, 0.25) is 0 Å². The second-order valence-electron chi connectivity index (χ2n) is 6.43. The molecule has 8 nitrogen and oxygen atoms in total. The maximum atomic E-state index is 12.8. The zero-order valence-corrected chi connectivity index (χ0v) is 15.9. The Balaban J connectivity index is 1.95. The number of carbonyl (C=O) groups is 2. The number of para-hydroxylation sites is 1. The number of rotatable bonds is 6. The lowest BCUT2D eigenvalue weighted by molar-refractivity contribution is -0.139. The second kappa shape index (κ2) is 7.75. The maximum Gasteiger partial charge on any atom is 0.344 e. The third-order valence-corrected chi connectivity index (χ3v) is 4.52. The molecule has 0 saturated carbocycles. The van der Waals surface area contributed by atoms with E-state index in [1.54, 1.807) is 37.3 Å². The molecule has 0 amide bonds. The van der Waals surface area contributed by atoms with Crippen LogP contribution in [0.25, 0.3) is 33.2 Å². The van der Waals surface area contributed by atoms with E-state index in [1.807, 2.05) is 18.2 Å². The Morgan fingerprint density at radius 1 is 1.10 bits per heavy atom. The molecule has 0 unspecified atom stereocenters. The molecular formula is C22H17NO7. The molecule has 30 heavy (non-hydrogen) atoms. The lowest BCUT2D eigenvalue weighted by Crippen LogP contribution is -2.21. The molecular weight excluding hydrogens is 390 g/mol. The van der Waals surface area contributed by atoms with Gasteiger partial charge in [0.15, 0.2) is 12.2 Å². The van der Waals surface area contributed by atoms with Gasteiger partial charge in [0.05, 0.1) is 12.1 Å². The molecule has 0 aliphatic carbocycles. The lowest BCUT2D eigenvalue weighted by Gasteiger charge is -2.10. The predicted molar refractivity (Wildman–Crippen MR) is 109 cm³/mol. The number of benzene rings is 2. The van der Waals surface area contributed by atoms with E-state index < -0.39 is 24.1 Å². The number of furan rings is 1. The third-order valence-electron chi connectivity index (χ3n) is 4.52. The van der Waals surface area contributed by atoms with Crippen LogP contribution in [-0.4, -0.2) is 35.2 Å². The van der Waals surface area contributed by atoms with Crippen molar-refractivity contribution in [3.05, 3.63) is 64.4 Å². The Hall–Kier alpha value is -4.07. The number of carbonyl (C=O) groups excluding carboxylic acids is 1. The van der Waals surface area contributed by atoms with Crippen molar-refractivity contribution in [2.24, 2.45) is 0 Å². The van der Waals surface area contributed by atoms with Crippen LogP contribution in [0.15, 0.2) is 57.7 Å². The van der Waals surface area contributed by atoms with Crippen molar-refractivity contribution >= 4 is 34.0 Å². The monoisotopic (exact) mass is 407 g/mol. The van der Waals surface area contributed by atoms with Gasteiger partial charge in [-0.05, 0) is 36.8 Å². The van der Waals surface area contributed by atoms with Crippen molar-refractivity contribution in [2.45, 2.75) is 6.92 Å². The highest BCUT2D eigenvalue weighted by molar-refractivity contribution is 6.12. The summed E-state index contributed by atoms with van der Waals surface area (Å²) in [5.74, 6) is -1.52. The first-order chi connectivity index (χ1) is 14.5. The molecule has 0 saturated heterocycles. The molecule has 4 rings (SSSR count). The number of carboxylic acid groups (broad SMARTS) is 1. The average molecular weight is 407 g/mol. The van der Waals surface area contributed by atoms with Gasteiger partial charge >= 0.3 is 11.9 Å². The fourth-order valence-corrected chi connectivity index (χ4v) is 3.29. The van der Waals surface area contributed by atoms with Gasteiger partial charge in [-0.3, -0.25) is 4.79 Å². The molecule has 0 aliphatic rings. The standard InChI is InChI=1S/C22H17NO7/c1-2-28-22(27)18-17(12-7-9-13(10-8-12)29-11-16(24)25)20-19(23-21(18)26)14-5-3-4-6-15(14)30-20/h3-10H,2,11H2,1H3,(H,23,26)(H,24,25). The largest absolute Gasteiger partial charge is 0.482 e. The van der Waals surface area contributed by atoms with E-state index in [4.69, 9.17) is 19.0 Å². The minimum absolute atomic E-state index is 0.109. The molecule has 8 heteroatoms. The van der Waals surface area contributed by atoms with E-state index >= 15 is 0 Å². The Kier molecular flexibility index (Phi) is 4.97. The normalized spacial score (nSPS) is 11.0. The zero-order valence-electron chi connectivity index (χ0n) is 15.9. The van der Waals surface area contributed by atoms with Gasteiger partial charge in [-0.25, -0.2) is 9.59 Å². The van der Waals surface area contributed by atoms with Crippen LogP contribution in [0.5, 0.6) is 5.75 Å². The Labute approximate surface area is 169 Å². The Bertz CT molecular complexity index is 1320. The molecule has 0 atom stereocenters. The topological polar surface area (TPSA) is 119 Å². The van der Waals surface area contributed by atoms with Crippen molar-refractivity contribution in [1.82, 2.24) is 4.98 Å². The van der Waals surface area contributed by atoms with Crippen molar-refractivity contribution in [2.75, 3.05) is 13.2 Å². The summed E-state index contributed by atoms with van der Waals surface area (Å²) in [5.41, 5.74) is 1.45. The number of hydrogen-bond acceptors (Lipinski definition) is 6. The van der Waals surface area contributed by atoms with Crippen LogP contribution in [0.4, 0.5) is 0 Å². The number of carboxylic acids is 1. The summed E-state index contributed by atoms with van der Waals surface area (Å²) in [6, 6.07) is 13.6. The number of hydrogen-bond donors (Lipinski definition) is 2. The summed E-state index contributed by atoms with van der Waals surface area (Å²) in [7, 11) is 0. The van der Waals surface area contributed by atoms with Gasteiger partial charge in [0.25, 0.3) is 5.56 Å². The molecule has 2 aromatic carbocycles. The molecule has 0 spiro atoms. The lowest BCUT2D eigenvalue weighted by atomic mass is 9.99. The van der Waals surface area contributed by atoms with Crippen molar-refractivity contribution in [3.8, 4) is 16.9 Å². The molecule has 0 aliphatic heterocycles. The molecule has 0 radical (unpaired) electrons. The minimum Gasteiger partial charge on any atom is -0.482 e. The molecule has 2 N–H and O–H groups in total. The van der Waals surface area contributed by atoms with Gasteiger partial charge in [0, 0.05) is 10.9 Å². The smallest absolute Gasteiger partial charge is 0.344 e. The fraction of sp³-hybridized carbons (Fsp3) is 0.136. The van der Waals surface area contributed by atoms with E-state index in [9.17, 15) is 14.4 Å². The summed E-state index contributed by atoms with van der Waals surface area (Å²) in [6.07, 6.45) is 0. The first-order valence-corrected chi connectivity index (χ1v) is 9.19. The van der Waals surface area contributed by atoms with E-state index in [1.165, 1.54) is 0 Å². The number of ether oxygens (including phenoxy) is 2. The number of aromatic nitrogens is 1. The Morgan fingerprint density at radius 2 is 1.83 bits per heavy atom. The second-order valence-corrected chi connectivity index (χ2v) is 6.43. The highest BCUT2D eigenvalue weighted by Gasteiger charge is 2.25. The summed E-state index contributed by atoms with van der Waals surface area (Å²) < 4.78 is 16.2. The summed E-state index contributed by atoms with van der Waals surface area (Å²) in [5, 5.41) is 9.46. The first-order valence-electron chi connectivity index (χ1n) is 9.19. The SMILES string of the molecule is CCOC(=O)c1c(-c2ccc(OCC(=O)O)cc2)c2oc3ccccc3c2[nH]c1=O. The third kappa shape index (κ3) is 3.39. The molecule has 2 aromatic heterocycles. The summed E-state index contributed by atoms with van der Waals surface area (Å²) >= 11 is 0. The van der Waals surface area contributed by atoms with Crippen molar-refractivity contribution in [3.63, 3.8) is 0 Å².